The molecule has 0 N–H and O–H groups in total. The zero-order chi connectivity index (χ0) is 20.1. The van der Waals surface area contributed by atoms with Crippen LogP contribution in [-0.2, 0) is 11.2 Å². The van der Waals surface area contributed by atoms with Crippen LogP contribution in [0.5, 0.6) is 11.5 Å². The van der Waals surface area contributed by atoms with Crippen molar-refractivity contribution in [3.63, 3.8) is 0 Å². The van der Waals surface area contributed by atoms with Crippen LogP contribution in [0.1, 0.15) is 19.4 Å². The van der Waals surface area contributed by atoms with Crippen molar-refractivity contribution in [1.29, 1.82) is 0 Å². The van der Waals surface area contributed by atoms with E-state index in [4.69, 9.17) is 14.5 Å². The number of amides is 1. The fourth-order valence-corrected chi connectivity index (χ4v) is 4.81. The van der Waals surface area contributed by atoms with Crippen molar-refractivity contribution in [1.82, 2.24) is 4.90 Å². The fourth-order valence-electron chi connectivity index (χ4n) is 2.96. The number of carbonyl (C=O) groups excluding carboxylic acids is 1. The maximum atomic E-state index is 12.9. The molecule has 0 saturated carbocycles. The van der Waals surface area contributed by atoms with Crippen LogP contribution in [0.4, 0.5) is 5.69 Å². The van der Waals surface area contributed by atoms with Gasteiger partial charge in [-0.1, -0.05) is 17.8 Å². The number of thioether (sulfide) groups is 1. The monoisotopic (exact) mass is 462 g/mol. The molecule has 2 aromatic rings. The lowest BCUT2D eigenvalue weighted by atomic mass is 10.1. The fraction of sp³-hybridized carbons (Fsp3) is 0.333. The van der Waals surface area contributed by atoms with Crippen molar-refractivity contribution >= 4 is 44.5 Å². The van der Waals surface area contributed by atoms with Crippen molar-refractivity contribution in [3.05, 3.63) is 52.5 Å². The summed E-state index contributed by atoms with van der Waals surface area (Å²) in [5.74, 6) is 1.70. The normalized spacial score (nSPS) is 18.0. The molecule has 1 saturated heterocycles. The van der Waals surface area contributed by atoms with Gasteiger partial charge in [-0.15, -0.1) is 0 Å². The molecule has 7 heteroatoms. The summed E-state index contributed by atoms with van der Waals surface area (Å²) >= 11 is 5.03. The topological polar surface area (TPSA) is 51.1 Å². The maximum absolute atomic E-state index is 12.9. The highest BCUT2D eigenvalue weighted by molar-refractivity contribution is 9.10. The molecule has 0 spiro atoms. The molecule has 1 atom stereocenters. The highest BCUT2D eigenvalue weighted by atomic mass is 79.9. The first kappa shape index (κ1) is 20.7. The van der Waals surface area contributed by atoms with E-state index in [1.165, 1.54) is 11.8 Å². The Balaban J connectivity index is 1.77. The molecule has 1 aliphatic rings. The SMILES string of the molecule is CCOc1ccc(N=C2S[C@H](Cc3ccc(OC)c(Br)c3)C(=O)N2CC)cc1. The van der Waals surface area contributed by atoms with E-state index in [-0.39, 0.29) is 11.2 Å². The maximum Gasteiger partial charge on any atom is 0.242 e. The zero-order valence-corrected chi connectivity index (χ0v) is 18.5. The first-order valence-electron chi connectivity index (χ1n) is 9.17. The largest absolute Gasteiger partial charge is 0.496 e. The molecule has 2 aromatic carbocycles. The van der Waals surface area contributed by atoms with E-state index in [2.05, 4.69) is 15.9 Å². The summed E-state index contributed by atoms with van der Waals surface area (Å²) in [5.41, 5.74) is 1.89. The summed E-state index contributed by atoms with van der Waals surface area (Å²) < 4.78 is 11.6. The number of carbonyl (C=O) groups is 1. The number of benzene rings is 2. The second-order valence-corrected chi connectivity index (χ2v) is 8.21. The Hall–Kier alpha value is -1.99. The van der Waals surface area contributed by atoms with E-state index in [1.54, 1.807) is 12.0 Å². The van der Waals surface area contributed by atoms with E-state index in [0.29, 0.717) is 19.6 Å². The number of methoxy groups -OCH3 is 1. The Bertz CT molecular complexity index is 870. The van der Waals surface area contributed by atoms with Gasteiger partial charge in [-0.25, -0.2) is 4.99 Å². The average Bonchev–Trinajstić information content (AvgIpc) is 2.98. The van der Waals surface area contributed by atoms with Crippen molar-refractivity contribution < 1.29 is 14.3 Å². The highest BCUT2D eigenvalue weighted by Gasteiger charge is 2.37. The smallest absolute Gasteiger partial charge is 0.242 e. The third-order valence-corrected chi connectivity index (χ3v) is 6.14. The van der Waals surface area contributed by atoms with Crippen LogP contribution < -0.4 is 9.47 Å². The highest BCUT2D eigenvalue weighted by Crippen LogP contribution is 2.33. The van der Waals surface area contributed by atoms with E-state index < -0.39 is 0 Å². The van der Waals surface area contributed by atoms with Crippen molar-refractivity contribution in [2.45, 2.75) is 25.5 Å². The van der Waals surface area contributed by atoms with Gasteiger partial charge in [0, 0.05) is 6.54 Å². The van der Waals surface area contributed by atoms with Gasteiger partial charge < -0.3 is 9.47 Å². The minimum absolute atomic E-state index is 0.101. The quantitative estimate of drug-likeness (QED) is 0.577. The lowest BCUT2D eigenvalue weighted by molar-refractivity contribution is -0.126. The molecule has 1 aliphatic heterocycles. The summed E-state index contributed by atoms with van der Waals surface area (Å²) in [6.45, 7) is 5.16. The predicted octanol–water partition coefficient (Wildman–Crippen LogP) is 5.05. The van der Waals surface area contributed by atoms with E-state index in [9.17, 15) is 4.79 Å². The van der Waals surface area contributed by atoms with Crippen LogP contribution in [0.3, 0.4) is 0 Å². The number of ether oxygens (including phenoxy) is 2. The van der Waals surface area contributed by atoms with Crippen molar-refractivity contribution in [2.24, 2.45) is 4.99 Å². The molecule has 5 nitrogen and oxygen atoms in total. The Morgan fingerprint density at radius 1 is 1.18 bits per heavy atom. The summed E-state index contributed by atoms with van der Waals surface area (Å²) in [6, 6.07) is 13.5. The Labute approximate surface area is 178 Å². The molecule has 0 aliphatic carbocycles. The number of hydrogen-bond acceptors (Lipinski definition) is 5. The molecular weight excluding hydrogens is 440 g/mol. The molecule has 1 amide bonds. The predicted molar refractivity (Wildman–Crippen MR) is 118 cm³/mol. The minimum Gasteiger partial charge on any atom is -0.496 e. The molecule has 0 radical (unpaired) electrons. The minimum atomic E-state index is -0.179. The summed E-state index contributed by atoms with van der Waals surface area (Å²) in [6.07, 6.45) is 0.644. The van der Waals surface area contributed by atoms with Gasteiger partial charge in [0.2, 0.25) is 5.91 Å². The van der Waals surface area contributed by atoms with Gasteiger partial charge in [0.25, 0.3) is 0 Å². The molecule has 0 unspecified atom stereocenters. The first-order valence-corrected chi connectivity index (χ1v) is 10.8. The van der Waals surface area contributed by atoms with Crippen molar-refractivity contribution in [3.8, 4) is 11.5 Å². The molecule has 1 fully saturated rings. The van der Waals surface area contributed by atoms with Crippen LogP contribution in [0.15, 0.2) is 51.9 Å². The number of amidine groups is 1. The molecule has 0 bridgehead atoms. The van der Waals surface area contributed by atoms with Crippen LogP contribution >= 0.6 is 27.7 Å². The summed E-state index contributed by atoms with van der Waals surface area (Å²) in [7, 11) is 1.64. The molecule has 1 heterocycles. The molecule has 0 aromatic heterocycles. The van der Waals surface area contributed by atoms with Gasteiger partial charge >= 0.3 is 0 Å². The van der Waals surface area contributed by atoms with Crippen molar-refractivity contribution in [2.75, 3.05) is 20.3 Å². The number of aliphatic imine (C=N–C) groups is 1. The second-order valence-electron chi connectivity index (χ2n) is 6.18. The lowest BCUT2D eigenvalue weighted by Crippen LogP contribution is -2.32. The van der Waals surface area contributed by atoms with Crippen LogP contribution in [0.2, 0.25) is 0 Å². The zero-order valence-electron chi connectivity index (χ0n) is 16.1. The summed E-state index contributed by atoms with van der Waals surface area (Å²) in [5, 5.41) is 0.566. The number of halogens is 1. The molecular formula is C21H23BrN2O3S. The number of hydrogen-bond donors (Lipinski definition) is 0. The third-order valence-electron chi connectivity index (χ3n) is 4.35. The van der Waals surface area contributed by atoms with Gasteiger partial charge in [-0.2, -0.15) is 0 Å². The van der Waals surface area contributed by atoms with Crippen LogP contribution in [0.25, 0.3) is 0 Å². The molecule has 28 heavy (non-hydrogen) atoms. The Morgan fingerprint density at radius 3 is 2.54 bits per heavy atom. The van der Waals surface area contributed by atoms with Gasteiger partial charge in [-0.3, -0.25) is 9.69 Å². The van der Waals surface area contributed by atoms with Gasteiger partial charge in [0.1, 0.15) is 11.5 Å². The van der Waals surface area contributed by atoms with E-state index >= 15 is 0 Å². The van der Waals surface area contributed by atoms with Crippen LogP contribution in [-0.4, -0.2) is 41.5 Å². The molecule has 3 rings (SSSR count). The van der Waals surface area contributed by atoms with E-state index in [1.807, 2.05) is 56.3 Å². The lowest BCUT2D eigenvalue weighted by Gasteiger charge is -2.13. The van der Waals surface area contributed by atoms with Gasteiger partial charge in [-0.05, 0) is 78.2 Å². The van der Waals surface area contributed by atoms with Gasteiger partial charge in [0.15, 0.2) is 5.17 Å². The first-order chi connectivity index (χ1) is 13.5. The average molecular weight is 463 g/mol. The second kappa shape index (κ2) is 9.47. The van der Waals surface area contributed by atoms with Gasteiger partial charge in [0.05, 0.1) is 29.1 Å². The standard InChI is InChI=1S/C21H23BrN2O3S/c1-4-24-20(25)19(13-14-6-11-18(26-3)17(22)12-14)28-21(24)23-15-7-9-16(10-8-15)27-5-2/h6-12,19H,4-5,13H2,1-3H3/t19-/m1/s1. The third kappa shape index (κ3) is 4.70. The van der Waals surface area contributed by atoms with Crippen LogP contribution in [0, 0.1) is 0 Å². The summed E-state index contributed by atoms with van der Waals surface area (Å²) in [4.78, 5) is 19.3. The Kier molecular flexibility index (Phi) is 7.02. The molecule has 148 valence electrons. The Morgan fingerprint density at radius 2 is 1.93 bits per heavy atom. The number of rotatable bonds is 7. The van der Waals surface area contributed by atoms with E-state index in [0.717, 1.165) is 32.4 Å². The number of nitrogens with zero attached hydrogens (tertiary/aromatic N) is 2.